The maximum Gasteiger partial charge on any atom is 0.123 e. The number of hydrogen-bond acceptors (Lipinski definition) is 3. The molecule has 0 saturated heterocycles. The van der Waals surface area contributed by atoms with Gasteiger partial charge in [0.15, 0.2) is 0 Å². The minimum absolute atomic E-state index is 0.269. The number of aliphatic hydroxyl groups is 1. The van der Waals surface area contributed by atoms with Gasteiger partial charge in [-0.3, -0.25) is 0 Å². The van der Waals surface area contributed by atoms with Crippen LogP contribution in [-0.2, 0) is 6.42 Å². The Bertz CT molecular complexity index is 635. The summed E-state index contributed by atoms with van der Waals surface area (Å²) in [5.74, 6) is 0.444. The van der Waals surface area contributed by atoms with E-state index in [9.17, 15) is 9.50 Å². The first-order chi connectivity index (χ1) is 10.7. The average Bonchev–Trinajstić information content (AvgIpc) is 2.46. The van der Waals surface area contributed by atoms with Crippen LogP contribution in [0, 0.1) is 5.82 Å². The van der Waals surface area contributed by atoms with Crippen molar-refractivity contribution in [3.8, 4) is 5.75 Å². The second-order valence-electron chi connectivity index (χ2n) is 6.73. The summed E-state index contributed by atoms with van der Waals surface area (Å²) in [6.07, 6.45) is -0.345. The van der Waals surface area contributed by atoms with E-state index in [1.165, 1.54) is 12.1 Å². The third-order valence-corrected chi connectivity index (χ3v) is 3.41. The van der Waals surface area contributed by atoms with Crippen LogP contribution < -0.4 is 10.5 Å². The highest BCUT2D eigenvalue weighted by molar-refractivity contribution is 5.30. The molecule has 2 rings (SSSR count). The van der Waals surface area contributed by atoms with E-state index in [1.807, 2.05) is 45.0 Å². The smallest absolute Gasteiger partial charge is 0.123 e. The van der Waals surface area contributed by atoms with Crippen LogP contribution in [0.25, 0.3) is 0 Å². The van der Waals surface area contributed by atoms with E-state index in [4.69, 9.17) is 10.5 Å². The fourth-order valence-electron chi connectivity index (χ4n) is 2.38. The van der Waals surface area contributed by atoms with Crippen molar-refractivity contribution in [2.24, 2.45) is 5.73 Å². The van der Waals surface area contributed by atoms with E-state index in [0.29, 0.717) is 12.0 Å². The summed E-state index contributed by atoms with van der Waals surface area (Å²) in [4.78, 5) is 0. The quantitative estimate of drug-likeness (QED) is 0.886. The van der Waals surface area contributed by atoms with Gasteiger partial charge in [-0.2, -0.15) is 0 Å². The molecule has 0 aromatic heterocycles. The molecule has 2 aromatic carbocycles. The lowest BCUT2D eigenvalue weighted by molar-refractivity contribution is 0.130. The number of aliphatic hydroxyl groups excluding tert-OH is 1. The second kappa shape index (κ2) is 7.11. The zero-order chi connectivity index (χ0) is 17.0. The Hall–Kier alpha value is -1.91. The molecule has 3 nitrogen and oxygen atoms in total. The standard InChI is InChI=1S/C19H24FNO2/c1-19(2,3)23-16-6-4-5-13(11-16)12-17(21)18(22)14-7-9-15(20)10-8-14/h4-11,17-18,22H,12,21H2,1-3H3/t17-,18?/m0/s1. The molecule has 0 saturated carbocycles. The van der Waals surface area contributed by atoms with Gasteiger partial charge < -0.3 is 15.6 Å². The van der Waals surface area contributed by atoms with Gasteiger partial charge in [0.25, 0.3) is 0 Å². The summed E-state index contributed by atoms with van der Waals surface area (Å²) >= 11 is 0. The number of ether oxygens (including phenoxy) is 1. The molecular formula is C19H24FNO2. The molecule has 0 spiro atoms. The highest BCUT2D eigenvalue weighted by atomic mass is 19.1. The number of rotatable bonds is 5. The molecule has 23 heavy (non-hydrogen) atoms. The fourth-order valence-corrected chi connectivity index (χ4v) is 2.38. The number of hydrogen-bond donors (Lipinski definition) is 2. The van der Waals surface area contributed by atoms with E-state index in [2.05, 4.69) is 0 Å². The zero-order valence-electron chi connectivity index (χ0n) is 13.8. The van der Waals surface area contributed by atoms with Gasteiger partial charge in [0, 0.05) is 6.04 Å². The van der Waals surface area contributed by atoms with Crippen molar-refractivity contribution < 1.29 is 14.2 Å². The van der Waals surface area contributed by atoms with Gasteiger partial charge in [-0.25, -0.2) is 4.39 Å². The van der Waals surface area contributed by atoms with E-state index >= 15 is 0 Å². The van der Waals surface area contributed by atoms with Crippen molar-refractivity contribution in [3.05, 3.63) is 65.5 Å². The van der Waals surface area contributed by atoms with Gasteiger partial charge in [-0.15, -0.1) is 0 Å². The first kappa shape index (κ1) is 17.4. The molecule has 0 aliphatic rings. The summed E-state index contributed by atoms with van der Waals surface area (Å²) in [6, 6.07) is 13.0. The van der Waals surface area contributed by atoms with Crippen molar-refractivity contribution in [1.82, 2.24) is 0 Å². The molecule has 0 heterocycles. The van der Waals surface area contributed by atoms with Crippen LogP contribution in [0.2, 0.25) is 0 Å². The van der Waals surface area contributed by atoms with E-state index < -0.39 is 12.1 Å². The van der Waals surface area contributed by atoms with Crippen molar-refractivity contribution in [2.45, 2.75) is 44.9 Å². The number of halogens is 1. The molecule has 124 valence electrons. The van der Waals surface area contributed by atoms with Gasteiger partial charge in [-0.1, -0.05) is 24.3 Å². The van der Waals surface area contributed by atoms with Gasteiger partial charge in [0.2, 0.25) is 0 Å². The third-order valence-electron chi connectivity index (χ3n) is 3.41. The topological polar surface area (TPSA) is 55.5 Å². The fraction of sp³-hybridized carbons (Fsp3) is 0.368. The normalized spacial score (nSPS) is 14.3. The van der Waals surface area contributed by atoms with E-state index in [-0.39, 0.29) is 11.4 Å². The van der Waals surface area contributed by atoms with Crippen LogP contribution in [0.4, 0.5) is 4.39 Å². The van der Waals surface area contributed by atoms with Crippen LogP contribution in [0.1, 0.15) is 38.0 Å². The molecule has 0 bridgehead atoms. The highest BCUT2D eigenvalue weighted by Crippen LogP contribution is 2.23. The van der Waals surface area contributed by atoms with Crippen LogP contribution in [0.5, 0.6) is 5.75 Å². The lowest BCUT2D eigenvalue weighted by atomic mass is 9.97. The van der Waals surface area contributed by atoms with Gasteiger partial charge in [0.05, 0.1) is 6.10 Å². The first-order valence-corrected chi connectivity index (χ1v) is 7.72. The molecule has 2 atom stereocenters. The van der Waals surface area contributed by atoms with Crippen LogP contribution >= 0.6 is 0 Å². The monoisotopic (exact) mass is 317 g/mol. The Kier molecular flexibility index (Phi) is 5.39. The minimum Gasteiger partial charge on any atom is -0.488 e. The summed E-state index contributed by atoms with van der Waals surface area (Å²) in [5.41, 5.74) is 7.44. The van der Waals surface area contributed by atoms with Gasteiger partial charge >= 0.3 is 0 Å². The van der Waals surface area contributed by atoms with Crippen molar-refractivity contribution in [3.63, 3.8) is 0 Å². The van der Waals surface area contributed by atoms with Crippen molar-refractivity contribution in [2.75, 3.05) is 0 Å². The Labute approximate surface area is 136 Å². The Morgan fingerprint density at radius 2 is 1.78 bits per heavy atom. The molecule has 0 fully saturated rings. The van der Waals surface area contributed by atoms with E-state index in [0.717, 1.165) is 11.3 Å². The summed E-state index contributed by atoms with van der Waals surface area (Å²) in [6.45, 7) is 5.97. The molecular weight excluding hydrogens is 293 g/mol. The van der Waals surface area contributed by atoms with Crippen LogP contribution in [0.15, 0.2) is 48.5 Å². The Balaban J connectivity index is 2.06. The second-order valence-corrected chi connectivity index (χ2v) is 6.73. The van der Waals surface area contributed by atoms with Gasteiger partial charge in [0.1, 0.15) is 17.2 Å². The SMILES string of the molecule is CC(C)(C)Oc1cccc(C[C@H](N)C(O)c2ccc(F)cc2)c1. The minimum atomic E-state index is -0.845. The maximum absolute atomic E-state index is 13.0. The van der Waals surface area contributed by atoms with Crippen LogP contribution in [-0.4, -0.2) is 16.7 Å². The molecule has 3 N–H and O–H groups in total. The largest absolute Gasteiger partial charge is 0.488 e. The van der Waals surface area contributed by atoms with Crippen LogP contribution in [0.3, 0.4) is 0 Å². The number of benzene rings is 2. The predicted octanol–water partition coefficient (Wildman–Crippen LogP) is 3.61. The Morgan fingerprint density at radius 3 is 2.39 bits per heavy atom. The zero-order valence-corrected chi connectivity index (χ0v) is 13.8. The molecule has 4 heteroatoms. The third kappa shape index (κ3) is 5.34. The average molecular weight is 317 g/mol. The predicted molar refractivity (Wildman–Crippen MR) is 89.9 cm³/mol. The summed E-state index contributed by atoms with van der Waals surface area (Å²) < 4.78 is 18.8. The lowest BCUT2D eigenvalue weighted by Gasteiger charge is -2.23. The molecule has 2 aromatic rings. The maximum atomic E-state index is 13.0. The first-order valence-electron chi connectivity index (χ1n) is 7.72. The molecule has 1 unspecified atom stereocenters. The summed E-state index contributed by atoms with van der Waals surface area (Å²) in [7, 11) is 0. The molecule has 0 radical (unpaired) electrons. The lowest BCUT2D eigenvalue weighted by Crippen LogP contribution is -2.30. The molecule has 0 amide bonds. The highest BCUT2D eigenvalue weighted by Gasteiger charge is 2.18. The molecule has 0 aliphatic heterocycles. The molecule has 0 aliphatic carbocycles. The number of nitrogens with two attached hydrogens (primary N) is 1. The summed E-state index contributed by atoms with van der Waals surface area (Å²) in [5, 5.41) is 10.3. The van der Waals surface area contributed by atoms with Crippen molar-refractivity contribution in [1.29, 1.82) is 0 Å². The Morgan fingerprint density at radius 1 is 1.13 bits per heavy atom. The van der Waals surface area contributed by atoms with Crippen molar-refractivity contribution >= 4 is 0 Å². The van der Waals surface area contributed by atoms with E-state index in [1.54, 1.807) is 12.1 Å². The van der Waals surface area contributed by atoms with Gasteiger partial charge in [-0.05, 0) is 62.6 Å².